The van der Waals surface area contributed by atoms with Crippen molar-refractivity contribution in [2.45, 2.75) is 31.7 Å². The molecule has 7 heteroatoms. The summed E-state index contributed by atoms with van der Waals surface area (Å²) in [6.45, 7) is 4.07. The molecular formula is C13H17N3O3S. The summed E-state index contributed by atoms with van der Waals surface area (Å²) in [6.07, 6.45) is 2.23. The number of sulfonamides is 1. The highest BCUT2D eigenvalue weighted by atomic mass is 32.2. The fourth-order valence-corrected chi connectivity index (χ4v) is 2.75. The lowest BCUT2D eigenvalue weighted by molar-refractivity contribution is 0.479. The molecule has 20 heavy (non-hydrogen) atoms. The molecule has 0 atom stereocenters. The number of hydrogen-bond acceptors (Lipinski definition) is 5. The molecule has 0 bridgehead atoms. The number of aromatic nitrogens is 1. The zero-order chi connectivity index (χ0) is 14.8. The molecule has 0 radical (unpaired) electrons. The molecule has 0 aliphatic carbocycles. The molecular weight excluding hydrogens is 278 g/mol. The van der Waals surface area contributed by atoms with Crippen molar-refractivity contribution in [1.29, 1.82) is 0 Å². The van der Waals surface area contributed by atoms with Gasteiger partial charge in [0.05, 0.1) is 17.6 Å². The van der Waals surface area contributed by atoms with Crippen LogP contribution in [0.2, 0.25) is 0 Å². The van der Waals surface area contributed by atoms with Crippen molar-refractivity contribution in [2.75, 3.05) is 5.32 Å². The van der Waals surface area contributed by atoms with E-state index >= 15 is 0 Å². The molecule has 0 aliphatic heterocycles. The molecule has 2 rings (SSSR count). The van der Waals surface area contributed by atoms with Gasteiger partial charge in [-0.3, -0.25) is 0 Å². The second-order valence-corrected chi connectivity index (χ2v) is 5.97. The van der Waals surface area contributed by atoms with Gasteiger partial charge in [-0.05, 0) is 31.0 Å². The highest BCUT2D eigenvalue weighted by molar-refractivity contribution is 7.89. The Labute approximate surface area is 118 Å². The maximum Gasteiger partial charge on any atom is 0.238 e. The SMILES string of the molecule is CCc1ccc(NCc2ncc(C)o2)cc1S(N)(=O)=O. The Morgan fingerprint density at radius 3 is 2.70 bits per heavy atom. The summed E-state index contributed by atoms with van der Waals surface area (Å²) < 4.78 is 28.5. The molecule has 2 aromatic rings. The topological polar surface area (TPSA) is 98.2 Å². The normalized spacial score (nSPS) is 11.6. The van der Waals surface area contributed by atoms with Crippen LogP contribution in [0, 0.1) is 6.92 Å². The zero-order valence-corrected chi connectivity index (χ0v) is 12.2. The average Bonchev–Trinajstić information content (AvgIpc) is 2.81. The molecule has 6 nitrogen and oxygen atoms in total. The summed E-state index contributed by atoms with van der Waals surface area (Å²) in [5.74, 6) is 1.27. The van der Waals surface area contributed by atoms with E-state index in [-0.39, 0.29) is 4.90 Å². The van der Waals surface area contributed by atoms with E-state index in [0.717, 1.165) is 5.76 Å². The molecule has 0 saturated heterocycles. The van der Waals surface area contributed by atoms with E-state index in [9.17, 15) is 8.42 Å². The van der Waals surface area contributed by atoms with Gasteiger partial charge in [0, 0.05) is 5.69 Å². The third-order valence-corrected chi connectivity index (χ3v) is 3.86. The van der Waals surface area contributed by atoms with Crippen molar-refractivity contribution >= 4 is 15.7 Å². The Hall–Kier alpha value is -1.86. The second kappa shape index (κ2) is 5.64. The standard InChI is InChI=1S/C13H17N3O3S/c1-3-10-4-5-11(6-12(10)20(14,17)18)15-8-13-16-7-9(2)19-13/h4-7,15H,3,8H2,1-2H3,(H2,14,17,18). The van der Waals surface area contributed by atoms with Crippen LogP contribution in [0.4, 0.5) is 5.69 Å². The van der Waals surface area contributed by atoms with Crippen LogP contribution in [0.25, 0.3) is 0 Å². The predicted octanol–water partition coefficient (Wildman–Crippen LogP) is 1.80. The fraction of sp³-hybridized carbons (Fsp3) is 0.308. The third kappa shape index (κ3) is 3.37. The van der Waals surface area contributed by atoms with E-state index in [4.69, 9.17) is 9.56 Å². The minimum absolute atomic E-state index is 0.147. The minimum atomic E-state index is -3.73. The van der Waals surface area contributed by atoms with Gasteiger partial charge in [-0.25, -0.2) is 18.5 Å². The average molecular weight is 295 g/mol. The van der Waals surface area contributed by atoms with Crippen molar-refractivity contribution in [1.82, 2.24) is 4.98 Å². The van der Waals surface area contributed by atoms with Crippen molar-refractivity contribution in [3.63, 3.8) is 0 Å². The van der Waals surface area contributed by atoms with Crippen LogP contribution in [0.5, 0.6) is 0 Å². The monoisotopic (exact) mass is 295 g/mol. The van der Waals surface area contributed by atoms with Gasteiger partial charge in [0.1, 0.15) is 5.76 Å². The first-order chi connectivity index (χ1) is 9.40. The molecule has 108 valence electrons. The summed E-state index contributed by atoms with van der Waals surface area (Å²) in [6, 6.07) is 5.09. The number of hydrogen-bond donors (Lipinski definition) is 2. The first-order valence-electron chi connectivity index (χ1n) is 6.21. The van der Waals surface area contributed by atoms with Crippen molar-refractivity contribution in [3.05, 3.63) is 41.6 Å². The van der Waals surface area contributed by atoms with E-state index in [1.54, 1.807) is 12.3 Å². The number of nitrogens with zero attached hydrogens (tertiary/aromatic N) is 1. The number of nitrogens with two attached hydrogens (primary N) is 1. The van der Waals surface area contributed by atoms with Gasteiger partial charge in [-0.15, -0.1) is 0 Å². The summed E-state index contributed by atoms with van der Waals surface area (Å²) in [5.41, 5.74) is 1.35. The van der Waals surface area contributed by atoms with Crippen molar-refractivity contribution < 1.29 is 12.8 Å². The number of primary sulfonamides is 1. The highest BCUT2D eigenvalue weighted by Crippen LogP contribution is 2.20. The van der Waals surface area contributed by atoms with Gasteiger partial charge in [-0.1, -0.05) is 13.0 Å². The molecule has 0 aliphatic rings. The van der Waals surface area contributed by atoms with E-state index in [2.05, 4.69) is 10.3 Å². The molecule has 1 heterocycles. The predicted molar refractivity (Wildman–Crippen MR) is 75.8 cm³/mol. The second-order valence-electron chi connectivity index (χ2n) is 4.44. The summed E-state index contributed by atoms with van der Waals surface area (Å²) in [4.78, 5) is 4.21. The van der Waals surface area contributed by atoms with Crippen LogP contribution in [-0.2, 0) is 23.0 Å². The Morgan fingerprint density at radius 2 is 2.15 bits per heavy atom. The molecule has 1 aromatic carbocycles. The van der Waals surface area contributed by atoms with Gasteiger partial charge in [0.2, 0.25) is 15.9 Å². The first kappa shape index (κ1) is 14.5. The molecule has 1 aromatic heterocycles. The number of benzene rings is 1. The zero-order valence-electron chi connectivity index (χ0n) is 11.4. The van der Waals surface area contributed by atoms with Gasteiger partial charge in [0.15, 0.2) is 0 Å². The van der Waals surface area contributed by atoms with E-state index in [1.807, 2.05) is 19.9 Å². The largest absolute Gasteiger partial charge is 0.444 e. The molecule has 3 N–H and O–H groups in total. The molecule has 0 spiro atoms. The molecule has 0 amide bonds. The summed E-state index contributed by atoms with van der Waals surface area (Å²) in [7, 11) is -3.73. The smallest absolute Gasteiger partial charge is 0.238 e. The summed E-state index contributed by atoms with van der Waals surface area (Å²) in [5, 5.41) is 8.29. The van der Waals surface area contributed by atoms with Crippen molar-refractivity contribution in [3.8, 4) is 0 Å². The maximum atomic E-state index is 11.6. The highest BCUT2D eigenvalue weighted by Gasteiger charge is 2.13. The van der Waals surface area contributed by atoms with Crippen LogP contribution < -0.4 is 10.5 Å². The van der Waals surface area contributed by atoms with E-state index in [0.29, 0.717) is 30.1 Å². The Kier molecular flexibility index (Phi) is 4.10. The fourth-order valence-electron chi connectivity index (χ4n) is 1.88. The molecule has 0 saturated carbocycles. The van der Waals surface area contributed by atoms with E-state index in [1.165, 1.54) is 6.07 Å². The van der Waals surface area contributed by atoms with Crippen LogP contribution in [0.3, 0.4) is 0 Å². The lowest BCUT2D eigenvalue weighted by atomic mass is 10.1. The lowest BCUT2D eigenvalue weighted by Gasteiger charge is -2.09. The van der Waals surface area contributed by atoms with Crippen LogP contribution >= 0.6 is 0 Å². The number of oxazole rings is 1. The maximum absolute atomic E-state index is 11.6. The van der Waals surface area contributed by atoms with Gasteiger partial charge >= 0.3 is 0 Å². The Balaban J connectivity index is 2.21. The number of anilines is 1. The van der Waals surface area contributed by atoms with Gasteiger partial charge < -0.3 is 9.73 Å². The lowest BCUT2D eigenvalue weighted by Crippen LogP contribution is -2.15. The van der Waals surface area contributed by atoms with Crippen LogP contribution in [-0.4, -0.2) is 13.4 Å². The molecule has 0 fully saturated rings. The van der Waals surface area contributed by atoms with Gasteiger partial charge in [-0.2, -0.15) is 0 Å². The summed E-state index contributed by atoms with van der Waals surface area (Å²) >= 11 is 0. The number of aryl methyl sites for hydroxylation is 2. The first-order valence-corrected chi connectivity index (χ1v) is 7.75. The van der Waals surface area contributed by atoms with Crippen LogP contribution in [0.1, 0.15) is 24.1 Å². The van der Waals surface area contributed by atoms with Crippen molar-refractivity contribution in [2.24, 2.45) is 5.14 Å². The Bertz CT molecular complexity index is 707. The quantitative estimate of drug-likeness (QED) is 0.876. The van der Waals surface area contributed by atoms with E-state index < -0.39 is 10.0 Å². The number of rotatable bonds is 5. The van der Waals surface area contributed by atoms with Gasteiger partial charge in [0.25, 0.3) is 0 Å². The third-order valence-electron chi connectivity index (χ3n) is 2.87. The number of nitrogens with one attached hydrogen (secondary N) is 1. The minimum Gasteiger partial charge on any atom is -0.444 e. The molecule has 0 unspecified atom stereocenters. The van der Waals surface area contributed by atoms with Crippen LogP contribution in [0.15, 0.2) is 33.7 Å². The Morgan fingerprint density at radius 1 is 1.40 bits per heavy atom.